The Bertz CT molecular complexity index is 1550. The first-order valence-corrected chi connectivity index (χ1v) is 12.3. The minimum Gasteiger partial charge on any atom is -0.507 e. The summed E-state index contributed by atoms with van der Waals surface area (Å²) in [6, 6.07) is 19.0. The maximum absolute atomic E-state index is 13.4. The van der Waals surface area contributed by atoms with E-state index in [1.807, 2.05) is 43.3 Å². The van der Waals surface area contributed by atoms with Crippen LogP contribution in [0.2, 0.25) is 5.02 Å². The zero-order chi connectivity index (χ0) is 24.3. The molecule has 1 amide bonds. The van der Waals surface area contributed by atoms with Gasteiger partial charge in [0, 0.05) is 17.0 Å². The summed E-state index contributed by atoms with van der Waals surface area (Å²) in [4.78, 5) is 32.7. The lowest BCUT2D eigenvalue weighted by molar-refractivity contribution is -0.132. The van der Waals surface area contributed by atoms with E-state index < -0.39 is 17.7 Å². The number of aromatic nitrogens is 1. The number of aliphatic hydroxyl groups is 1. The number of amides is 1. The molecule has 8 heteroatoms. The summed E-state index contributed by atoms with van der Waals surface area (Å²) in [5.74, 6) is -0.934. The molecule has 1 aromatic heterocycles. The van der Waals surface area contributed by atoms with E-state index >= 15 is 0 Å². The molecular formula is C27H19ClN2O4S. The molecule has 0 radical (unpaired) electrons. The zero-order valence-corrected chi connectivity index (χ0v) is 20.1. The second-order valence-electron chi connectivity index (χ2n) is 8.64. The van der Waals surface area contributed by atoms with E-state index in [-0.39, 0.29) is 17.4 Å². The van der Waals surface area contributed by atoms with Crippen LogP contribution >= 0.6 is 22.9 Å². The molecule has 2 aliphatic heterocycles. The number of Topliss-reactive ketones (excluding diaryl/α,β-unsaturated/α-hetero) is 1. The van der Waals surface area contributed by atoms with Crippen molar-refractivity contribution in [2.45, 2.75) is 25.5 Å². The third-order valence-corrected chi connectivity index (χ3v) is 7.53. The van der Waals surface area contributed by atoms with Crippen LogP contribution in [0.1, 0.15) is 29.7 Å². The monoisotopic (exact) mass is 502 g/mol. The number of benzene rings is 3. The smallest absolute Gasteiger partial charge is 0.301 e. The molecule has 3 aromatic carbocycles. The molecule has 4 aromatic rings. The van der Waals surface area contributed by atoms with Gasteiger partial charge in [-0.25, -0.2) is 4.98 Å². The molecule has 0 bridgehead atoms. The molecule has 6 rings (SSSR count). The topological polar surface area (TPSA) is 79.7 Å². The molecule has 2 atom stereocenters. The van der Waals surface area contributed by atoms with Crippen LogP contribution in [0, 0.1) is 0 Å². The average Bonchev–Trinajstić information content (AvgIpc) is 3.51. The Morgan fingerprint density at radius 3 is 2.71 bits per heavy atom. The molecule has 0 aliphatic carbocycles. The van der Waals surface area contributed by atoms with Crippen LogP contribution in [-0.2, 0) is 16.0 Å². The van der Waals surface area contributed by atoms with E-state index in [1.54, 1.807) is 30.3 Å². The summed E-state index contributed by atoms with van der Waals surface area (Å²) in [7, 11) is 0. The predicted molar refractivity (Wildman–Crippen MR) is 136 cm³/mol. The fourth-order valence-electron chi connectivity index (χ4n) is 4.69. The maximum atomic E-state index is 13.4. The number of fused-ring (bicyclic) bond motifs is 2. The van der Waals surface area contributed by atoms with Gasteiger partial charge in [-0.05, 0) is 54.4 Å². The van der Waals surface area contributed by atoms with Gasteiger partial charge in [-0.2, -0.15) is 0 Å². The van der Waals surface area contributed by atoms with E-state index in [4.69, 9.17) is 16.3 Å². The Labute approximate surface area is 210 Å². The Kier molecular flexibility index (Phi) is 5.12. The Hall–Kier alpha value is -3.68. The van der Waals surface area contributed by atoms with Crippen molar-refractivity contribution in [3.05, 3.63) is 94.0 Å². The number of hydrogen-bond donors (Lipinski definition) is 1. The average molecular weight is 503 g/mol. The van der Waals surface area contributed by atoms with Gasteiger partial charge in [-0.15, -0.1) is 0 Å². The molecule has 1 saturated heterocycles. The number of aliphatic hydroxyl groups excluding tert-OH is 1. The second-order valence-corrected chi connectivity index (χ2v) is 10.1. The van der Waals surface area contributed by atoms with Crippen molar-refractivity contribution in [3.63, 3.8) is 0 Å². The Morgan fingerprint density at radius 1 is 1.11 bits per heavy atom. The van der Waals surface area contributed by atoms with Gasteiger partial charge in [0.25, 0.3) is 5.78 Å². The summed E-state index contributed by atoms with van der Waals surface area (Å²) >= 11 is 7.42. The van der Waals surface area contributed by atoms with E-state index in [0.717, 1.165) is 16.0 Å². The fraction of sp³-hybridized carbons (Fsp3) is 0.148. The quantitative estimate of drug-likeness (QED) is 0.214. The summed E-state index contributed by atoms with van der Waals surface area (Å²) in [6.45, 7) is 1.98. The standard InChI is InChI=1S/C27H19ClN2O4S/c1-14-11-17-12-16(7-10-20(17)34-14)24(31)22-23(15-5-3-2-4-6-15)30(26(33)25(22)32)27-29-19-9-8-18(28)13-21(19)35-27/h2-10,12-14,23,31H,11H2,1H3/t14-,23+/m0/s1. The number of thiazole rings is 1. The number of carbonyl (C=O) groups excluding carboxylic acids is 2. The van der Waals surface area contributed by atoms with Gasteiger partial charge in [0.15, 0.2) is 5.13 Å². The second kappa shape index (κ2) is 8.22. The molecule has 1 fully saturated rings. The van der Waals surface area contributed by atoms with Crippen molar-refractivity contribution in [1.82, 2.24) is 4.98 Å². The van der Waals surface area contributed by atoms with Gasteiger partial charge < -0.3 is 9.84 Å². The maximum Gasteiger partial charge on any atom is 0.301 e. The summed E-state index contributed by atoms with van der Waals surface area (Å²) in [5.41, 5.74) is 2.83. The minimum absolute atomic E-state index is 0.0328. The molecule has 0 saturated carbocycles. The number of hydrogen-bond acceptors (Lipinski definition) is 6. The van der Waals surface area contributed by atoms with E-state index in [1.165, 1.54) is 16.2 Å². The lowest BCUT2D eigenvalue weighted by Gasteiger charge is -2.23. The van der Waals surface area contributed by atoms with Gasteiger partial charge in [-0.3, -0.25) is 14.5 Å². The van der Waals surface area contributed by atoms with Crippen molar-refractivity contribution < 1.29 is 19.4 Å². The van der Waals surface area contributed by atoms with Crippen LogP contribution < -0.4 is 9.64 Å². The third kappa shape index (κ3) is 3.59. The summed E-state index contributed by atoms with van der Waals surface area (Å²) < 4.78 is 6.56. The lowest BCUT2D eigenvalue weighted by atomic mass is 9.94. The third-order valence-electron chi connectivity index (χ3n) is 6.27. The number of ketones is 1. The van der Waals surface area contributed by atoms with Crippen LogP contribution in [0.3, 0.4) is 0 Å². The highest BCUT2D eigenvalue weighted by molar-refractivity contribution is 7.22. The zero-order valence-electron chi connectivity index (χ0n) is 18.6. The van der Waals surface area contributed by atoms with E-state index in [0.29, 0.717) is 33.2 Å². The molecule has 6 nitrogen and oxygen atoms in total. The largest absolute Gasteiger partial charge is 0.507 e. The number of anilines is 1. The number of halogens is 1. The van der Waals surface area contributed by atoms with Crippen molar-refractivity contribution in [2.75, 3.05) is 4.90 Å². The normalized spacial score (nSPS) is 20.9. The number of ether oxygens (including phenoxy) is 1. The van der Waals surface area contributed by atoms with Crippen molar-refractivity contribution >= 4 is 55.7 Å². The van der Waals surface area contributed by atoms with Crippen LogP contribution in [0.25, 0.3) is 16.0 Å². The molecule has 0 spiro atoms. The fourth-order valence-corrected chi connectivity index (χ4v) is 5.96. The van der Waals surface area contributed by atoms with Crippen molar-refractivity contribution in [3.8, 4) is 5.75 Å². The minimum atomic E-state index is -0.823. The summed E-state index contributed by atoms with van der Waals surface area (Å²) in [5, 5.41) is 12.3. The lowest BCUT2D eigenvalue weighted by Crippen LogP contribution is -2.29. The Morgan fingerprint density at radius 2 is 1.91 bits per heavy atom. The van der Waals surface area contributed by atoms with Gasteiger partial charge in [0.05, 0.1) is 21.8 Å². The molecule has 174 valence electrons. The van der Waals surface area contributed by atoms with Crippen molar-refractivity contribution in [2.24, 2.45) is 0 Å². The molecule has 35 heavy (non-hydrogen) atoms. The molecule has 0 unspecified atom stereocenters. The van der Waals surface area contributed by atoms with Crippen LogP contribution in [-0.4, -0.2) is 27.9 Å². The number of carbonyl (C=O) groups is 2. The molecular weight excluding hydrogens is 484 g/mol. The van der Waals surface area contributed by atoms with Gasteiger partial charge in [0.1, 0.15) is 17.6 Å². The highest BCUT2D eigenvalue weighted by Gasteiger charge is 2.48. The highest BCUT2D eigenvalue weighted by Crippen LogP contribution is 2.45. The molecule has 1 N–H and O–H groups in total. The van der Waals surface area contributed by atoms with Gasteiger partial charge in [0.2, 0.25) is 0 Å². The predicted octanol–water partition coefficient (Wildman–Crippen LogP) is 5.90. The van der Waals surface area contributed by atoms with Crippen LogP contribution in [0.4, 0.5) is 5.13 Å². The number of rotatable bonds is 3. The van der Waals surface area contributed by atoms with E-state index in [9.17, 15) is 14.7 Å². The highest BCUT2D eigenvalue weighted by atomic mass is 35.5. The first-order chi connectivity index (χ1) is 16.9. The van der Waals surface area contributed by atoms with Crippen LogP contribution in [0.15, 0.2) is 72.3 Å². The molecule has 3 heterocycles. The first-order valence-electron chi connectivity index (χ1n) is 11.1. The number of nitrogens with zero attached hydrogens (tertiary/aromatic N) is 2. The van der Waals surface area contributed by atoms with E-state index in [2.05, 4.69) is 4.98 Å². The van der Waals surface area contributed by atoms with Gasteiger partial charge >= 0.3 is 5.91 Å². The van der Waals surface area contributed by atoms with Crippen molar-refractivity contribution in [1.29, 1.82) is 0 Å². The SMILES string of the molecule is C[C@H]1Cc2cc(C(O)=C3C(=O)C(=O)N(c4nc5ccc(Cl)cc5s4)[C@@H]3c3ccccc3)ccc2O1. The first kappa shape index (κ1) is 21.8. The Balaban J connectivity index is 1.53. The van der Waals surface area contributed by atoms with Gasteiger partial charge in [-0.1, -0.05) is 53.3 Å². The summed E-state index contributed by atoms with van der Waals surface area (Å²) in [6.07, 6.45) is 0.756. The van der Waals surface area contributed by atoms with Crippen LogP contribution in [0.5, 0.6) is 5.75 Å². The molecule has 2 aliphatic rings.